The molecule has 0 rings (SSSR count). The number of nitrogens with two attached hydrogens (primary N) is 1. The van der Waals surface area contributed by atoms with Gasteiger partial charge in [-0.3, -0.25) is 4.79 Å². The van der Waals surface area contributed by atoms with E-state index < -0.39 is 30.0 Å². The minimum Gasteiger partial charge on any atom is -0.355 e. The highest BCUT2D eigenvalue weighted by molar-refractivity contribution is 5.82. The fourth-order valence-electron chi connectivity index (χ4n) is 1.00. The van der Waals surface area contributed by atoms with E-state index in [9.17, 15) is 18.0 Å². The largest absolute Gasteiger partial charge is 0.389 e. The molecule has 96 valence electrons. The normalized spacial score (nSPS) is 14.7. The molecule has 16 heavy (non-hydrogen) atoms. The lowest BCUT2D eigenvalue weighted by atomic mass is 9.87. The SMILES string of the molecule is CC(C)(C)[C@@H](N)C(=O)NCCCC(F)(F)F. The third-order valence-corrected chi connectivity index (χ3v) is 2.15. The van der Waals surface area contributed by atoms with E-state index in [1.165, 1.54) is 0 Å². The van der Waals surface area contributed by atoms with Crippen molar-refractivity contribution in [1.29, 1.82) is 0 Å². The molecule has 3 nitrogen and oxygen atoms in total. The predicted molar refractivity (Wildman–Crippen MR) is 55.7 cm³/mol. The molecule has 0 heterocycles. The third-order valence-electron chi connectivity index (χ3n) is 2.15. The van der Waals surface area contributed by atoms with Crippen LogP contribution in [0, 0.1) is 5.41 Å². The van der Waals surface area contributed by atoms with E-state index in [1.54, 1.807) is 20.8 Å². The monoisotopic (exact) mass is 240 g/mol. The second-order valence-corrected chi connectivity index (χ2v) is 4.85. The molecule has 0 bridgehead atoms. The Labute approximate surface area is 93.6 Å². The van der Waals surface area contributed by atoms with Gasteiger partial charge in [0.25, 0.3) is 0 Å². The Balaban J connectivity index is 3.83. The molecule has 0 fully saturated rings. The van der Waals surface area contributed by atoms with E-state index in [2.05, 4.69) is 5.32 Å². The molecule has 1 atom stereocenters. The van der Waals surface area contributed by atoms with E-state index in [1.807, 2.05) is 0 Å². The summed E-state index contributed by atoms with van der Waals surface area (Å²) >= 11 is 0. The van der Waals surface area contributed by atoms with Gasteiger partial charge in [-0.05, 0) is 11.8 Å². The van der Waals surface area contributed by atoms with Gasteiger partial charge in [0, 0.05) is 13.0 Å². The van der Waals surface area contributed by atoms with Crippen molar-refractivity contribution in [3.63, 3.8) is 0 Å². The maximum Gasteiger partial charge on any atom is 0.389 e. The van der Waals surface area contributed by atoms with Gasteiger partial charge < -0.3 is 11.1 Å². The van der Waals surface area contributed by atoms with Gasteiger partial charge in [0.05, 0.1) is 6.04 Å². The number of hydrogen-bond donors (Lipinski definition) is 2. The van der Waals surface area contributed by atoms with Crippen molar-refractivity contribution in [3.8, 4) is 0 Å². The van der Waals surface area contributed by atoms with Crippen molar-refractivity contribution in [1.82, 2.24) is 5.32 Å². The highest BCUT2D eigenvalue weighted by Crippen LogP contribution is 2.21. The van der Waals surface area contributed by atoms with E-state index >= 15 is 0 Å². The molecule has 0 aliphatic heterocycles. The van der Waals surface area contributed by atoms with Gasteiger partial charge in [0.2, 0.25) is 5.91 Å². The maximum atomic E-state index is 11.8. The van der Waals surface area contributed by atoms with Crippen LogP contribution in [0.15, 0.2) is 0 Å². The first-order valence-corrected chi connectivity index (χ1v) is 5.14. The van der Waals surface area contributed by atoms with Gasteiger partial charge in [-0.15, -0.1) is 0 Å². The van der Waals surface area contributed by atoms with Crippen molar-refractivity contribution in [2.24, 2.45) is 11.1 Å². The van der Waals surface area contributed by atoms with E-state index in [4.69, 9.17) is 5.73 Å². The number of alkyl halides is 3. The number of halogens is 3. The topological polar surface area (TPSA) is 55.1 Å². The Hall–Kier alpha value is -0.780. The van der Waals surface area contributed by atoms with E-state index in [-0.39, 0.29) is 13.0 Å². The molecule has 0 radical (unpaired) electrons. The number of rotatable bonds is 4. The predicted octanol–water partition coefficient (Wildman–Crippen LogP) is 1.82. The van der Waals surface area contributed by atoms with Crippen molar-refractivity contribution in [2.75, 3.05) is 6.54 Å². The van der Waals surface area contributed by atoms with Gasteiger partial charge in [0.1, 0.15) is 0 Å². The average Bonchev–Trinajstić information content (AvgIpc) is 2.07. The summed E-state index contributed by atoms with van der Waals surface area (Å²) in [7, 11) is 0. The summed E-state index contributed by atoms with van der Waals surface area (Å²) in [6.45, 7) is 5.40. The Kier molecular flexibility index (Phi) is 5.25. The Morgan fingerprint density at radius 2 is 1.81 bits per heavy atom. The molecular weight excluding hydrogens is 221 g/mol. The van der Waals surface area contributed by atoms with Gasteiger partial charge in [0.15, 0.2) is 0 Å². The number of carbonyl (C=O) groups excluding carboxylic acids is 1. The summed E-state index contributed by atoms with van der Waals surface area (Å²) in [5, 5.41) is 2.40. The standard InChI is InChI=1S/C10H19F3N2O/c1-9(2,3)7(14)8(16)15-6-4-5-10(11,12)13/h7H,4-6,14H2,1-3H3,(H,15,16)/t7-/m0/s1. The Morgan fingerprint density at radius 1 is 1.31 bits per heavy atom. The molecule has 1 amide bonds. The number of nitrogens with one attached hydrogen (secondary N) is 1. The quantitative estimate of drug-likeness (QED) is 0.736. The first-order valence-electron chi connectivity index (χ1n) is 5.14. The summed E-state index contributed by atoms with van der Waals surface area (Å²) in [5.41, 5.74) is 5.23. The van der Waals surface area contributed by atoms with Gasteiger partial charge >= 0.3 is 6.18 Å². The molecule has 0 aromatic heterocycles. The molecule has 0 saturated heterocycles. The molecule has 6 heteroatoms. The summed E-state index contributed by atoms with van der Waals surface area (Å²) in [5.74, 6) is -0.408. The second kappa shape index (κ2) is 5.52. The average molecular weight is 240 g/mol. The van der Waals surface area contributed by atoms with Crippen LogP contribution in [0.4, 0.5) is 13.2 Å². The van der Waals surface area contributed by atoms with Crippen LogP contribution in [0.25, 0.3) is 0 Å². The highest BCUT2D eigenvalue weighted by Gasteiger charge is 2.28. The third kappa shape index (κ3) is 6.66. The van der Waals surface area contributed by atoms with Crippen molar-refractivity contribution in [2.45, 2.75) is 45.8 Å². The van der Waals surface area contributed by atoms with Crippen LogP contribution < -0.4 is 11.1 Å². The lowest BCUT2D eigenvalue weighted by Crippen LogP contribution is -2.48. The lowest BCUT2D eigenvalue weighted by Gasteiger charge is -2.25. The second-order valence-electron chi connectivity index (χ2n) is 4.85. The van der Waals surface area contributed by atoms with Crippen LogP contribution in [-0.2, 0) is 4.79 Å². The number of carbonyl (C=O) groups is 1. The van der Waals surface area contributed by atoms with E-state index in [0.29, 0.717) is 0 Å². The first-order chi connectivity index (χ1) is 7.04. The minimum atomic E-state index is -4.17. The minimum absolute atomic E-state index is 0.00211. The lowest BCUT2D eigenvalue weighted by molar-refractivity contribution is -0.136. The smallest absolute Gasteiger partial charge is 0.355 e. The fourth-order valence-corrected chi connectivity index (χ4v) is 1.00. The zero-order valence-electron chi connectivity index (χ0n) is 9.82. The summed E-state index contributed by atoms with van der Waals surface area (Å²) in [6, 6.07) is -0.710. The zero-order valence-corrected chi connectivity index (χ0v) is 9.82. The molecule has 3 N–H and O–H groups in total. The first kappa shape index (κ1) is 15.2. The van der Waals surface area contributed by atoms with Crippen LogP contribution in [0.1, 0.15) is 33.6 Å². The van der Waals surface area contributed by atoms with Crippen molar-refractivity contribution < 1.29 is 18.0 Å². The fraction of sp³-hybridized carbons (Fsp3) is 0.900. The van der Waals surface area contributed by atoms with Crippen LogP contribution >= 0.6 is 0 Å². The molecule has 0 spiro atoms. The van der Waals surface area contributed by atoms with Crippen LogP contribution in [-0.4, -0.2) is 24.7 Å². The molecule has 0 aromatic rings. The summed E-state index contributed by atoms with van der Waals surface area (Å²) < 4.78 is 35.4. The van der Waals surface area contributed by atoms with Gasteiger partial charge in [-0.25, -0.2) is 0 Å². The molecule has 0 saturated carbocycles. The molecule has 0 aromatic carbocycles. The van der Waals surface area contributed by atoms with Crippen LogP contribution in [0.2, 0.25) is 0 Å². The number of amides is 1. The van der Waals surface area contributed by atoms with Gasteiger partial charge in [-0.2, -0.15) is 13.2 Å². The summed E-state index contributed by atoms with van der Waals surface area (Å²) in [6.07, 6.45) is -5.18. The van der Waals surface area contributed by atoms with Crippen molar-refractivity contribution >= 4 is 5.91 Å². The molecule has 0 aliphatic carbocycles. The maximum absolute atomic E-state index is 11.8. The number of hydrogen-bond acceptors (Lipinski definition) is 2. The zero-order chi connectivity index (χ0) is 13.0. The van der Waals surface area contributed by atoms with Gasteiger partial charge in [-0.1, -0.05) is 20.8 Å². The Bertz CT molecular complexity index is 233. The molecule has 0 aliphatic rings. The molecule has 0 unspecified atom stereocenters. The van der Waals surface area contributed by atoms with Crippen LogP contribution in [0.3, 0.4) is 0 Å². The highest BCUT2D eigenvalue weighted by atomic mass is 19.4. The molecular formula is C10H19F3N2O. The van der Waals surface area contributed by atoms with E-state index in [0.717, 1.165) is 0 Å². The van der Waals surface area contributed by atoms with Crippen molar-refractivity contribution in [3.05, 3.63) is 0 Å². The Morgan fingerprint density at radius 3 is 2.19 bits per heavy atom. The summed E-state index contributed by atoms with van der Waals surface area (Å²) in [4.78, 5) is 11.4. The van der Waals surface area contributed by atoms with Crippen LogP contribution in [0.5, 0.6) is 0 Å².